The van der Waals surface area contributed by atoms with Gasteiger partial charge in [0.05, 0.1) is 18.2 Å². The lowest BCUT2D eigenvalue weighted by atomic mass is 10.00. The van der Waals surface area contributed by atoms with Gasteiger partial charge in [0.2, 0.25) is 5.78 Å². The predicted molar refractivity (Wildman–Crippen MR) is 108 cm³/mol. The fraction of sp³-hybridized carbons (Fsp3) is 0.333. The first kappa shape index (κ1) is 20.1. The zero-order valence-corrected chi connectivity index (χ0v) is 16.6. The Labute approximate surface area is 167 Å². The molecule has 0 radical (unpaired) electrons. The SMILES string of the molecule is CC[C@@H](C)[C@H](CO)NC(=O)COc1ccc2c(c1)O/C(=C\c1cccs1)C2=O. The van der Waals surface area contributed by atoms with Gasteiger partial charge < -0.3 is 19.9 Å². The quantitative estimate of drug-likeness (QED) is 0.663. The summed E-state index contributed by atoms with van der Waals surface area (Å²) in [6.07, 6.45) is 2.56. The van der Waals surface area contributed by atoms with Gasteiger partial charge in [-0.2, -0.15) is 0 Å². The molecule has 6 nitrogen and oxygen atoms in total. The van der Waals surface area contributed by atoms with Crippen LogP contribution in [0.25, 0.3) is 6.08 Å². The molecule has 2 N–H and O–H groups in total. The minimum Gasteiger partial charge on any atom is -0.484 e. The molecular formula is C21H23NO5S. The van der Waals surface area contributed by atoms with Crippen molar-refractivity contribution in [1.29, 1.82) is 0 Å². The Balaban J connectivity index is 1.61. The van der Waals surface area contributed by atoms with Crippen LogP contribution < -0.4 is 14.8 Å². The van der Waals surface area contributed by atoms with E-state index >= 15 is 0 Å². The first-order valence-electron chi connectivity index (χ1n) is 9.16. The summed E-state index contributed by atoms with van der Waals surface area (Å²) in [5.74, 6) is 0.803. The summed E-state index contributed by atoms with van der Waals surface area (Å²) >= 11 is 1.52. The molecule has 2 atom stereocenters. The van der Waals surface area contributed by atoms with Crippen molar-refractivity contribution in [3.63, 3.8) is 0 Å². The average molecular weight is 401 g/mol. The molecule has 28 heavy (non-hydrogen) atoms. The predicted octanol–water partition coefficient (Wildman–Crippen LogP) is 3.27. The third-order valence-electron chi connectivity index (χ3n) is 4.70. The molecule has 148 valence electrons. The van der Waals surface area contributed by atoms with Crippen LogP contribution in [0.5, 0.6) is 11.5 Å². The second-order valence-corrected chi connectivity index (χ2v) is 7.62. The third-order valence-corrected chi connectivity index (χ3v) is 5.52. The van der Waals surface area contributed by atoms with Crippen molar-refractivity contribution in [2.24, 2.45) is 5.92 Å². The summed E-state index contributed by atoms with van der Waals surface area (Å²) in [6.45, 7) is 3.67. The van der Waals surface area contributed by atoms with Gasteiger partial charge in [0, 0.05) is 17.0 Å². The van der Waals surface area contributed by atoms with Crippen LogP contribution >= 0.6 is 11.3 Å². The fourth-order valence-corrected chi connectivity index (χ4v) is 3.46. The molecule has 0 aliphatic carbocycles. The Morgan fingerprint density at radius 3 is 2.89 bits per heavy atom. The zero-order valence-electron chi connectivity index (χ0n) is 15.8. The van der Waals surface area contributed by atoms with Crippen LogP contribution in [0.2, 0.25) is 0 Å². The molecule has 0 saturated carbocycles. The van der Waals surface area contributed by atoms with Crippen LogP contribution in [-0.2, 0) is 4.79 Å². The van der Waals surface area contributed by atoms with Gasteiger partial charge in [-0.1, -0.05) is 26.3 Å². The number of hydrogen-bond acceptors (Lipinski definition) is 6. The first-order valence-corrected chi connectivity index (χ1v) is 10.0. The largest absolute Gasteiger partial charge is 0.484 e. The number of benzene rings is 1. The molecule has 0 unspecified atom stereocenters. The van der Waals surface area contributed by atoms with Crippen LogP contribution in [0, 0.1) is 5.92 Å². The Morgan fingerprint density at radius 1 is 1.39 bits per heavy atom. The van der Waals surface area contributed by atoms with Crippen LogP contribution in [0.3, 0.4) is 0 Å². The molecule has 2 aromatic rings. The van der Waals surface area contributed by atoms with Gasteiger partial charge in [-0.3, -0.25) is 9.59 Å². The van der Waals surface area contributed by atoms with Crippen molar-refractivity contribution in [2.45, 2.75) is 26.3 Å². The smallest absolute Gasteiger partial charge is 0.258 e. The van der Waals surface area contributed by atoms with E-state index in [1.807, 2.05) is 31.4 Å². The molecule has 0 saturated heterocycles. The lowest BCUT2D eigenvalue weighted by molar-refractivity contribution is -0.124. The number of amides is 1. The summed E-state index contributed by atoms with van der Waals surface area (Å²) in [4.78, 5) is 25.4. The van der Waals surface area contributed by atoms with E-state index in [9.17, 15) is 14.7 Å². The number of fused-ring (bicyclic) bond motifs is 1. The fourth-order valence-electron chi connectivity index (χ4n) is 2.81. The van der Waals surface area contributed by atoms with E-state index in [1.165, 1.54) is 11.3 Å². The minimum atomic E-state index is -0.310. The van der Waals surface area contributed by atoms with E-state index in [0.717, 1.165) is 11.3 Å². The Hall–Kier alpha value is -2.64. The van der Waals surface area contributed by atoms with Gasteiger partial charge in [0.15, 0.2) is 12.4 Å². The van der Waals surface area contributed by atoms with Gasteiger partial charge in [0.25, 0.3) is 5.91 Å². The Kier molecular flexibility index (Phi) is 6.49. The second-order valence-electron chi connectivity index (χ2n) is 6.64. The highest BCUT2D eigenvalue weighted by Crippen LogP contribution is 2.35. The van der Waals surface area contributed by atoms with Crippen LogP contribution in [0.4, 0.5) is 0 Å². The molecule has 0 bridgehead atoms. The highest BCUT2D eigenvalue weighted by atomic mass is 32.1. The van der Waals surface area contributed by atoms with Gasteiger partial charge in [-0.05, 0) is 29.5 Å². The summed E-state index contributed by atoms with van der Waals surface area (Å²) in [6, 6.07) is 8.39. The average Bonchev–Trinajstić information content (AvgIpc) is 3.32. The number of carbonyl (C=O) groups excluding carboxylic acids is 2. The van der Waals surface area contributed by atoms with E-state index in [0.29, 0.717) is 17.1 Å². The molecule has 3 rings (SSSR count). The maximum atomic E-state index is 12.4. The van der Waals surface area contributed by atoms with Crippen molar-refractivity contribution in [3.05, 3.63) is 51.9 Å². The lowest BCUT2D eigenvalue weighted by Gasteiger charge is -2.22. The molecule has 0 fully saturated rings. The summed E-state index contributed by atoms with van der Waals surface area (Å²) in [7, 11) is 0. The summed E-state index contributed by atoms with van der Waals surface area (Å²) < 4.78 is 11.2. The summed E-state index contributed by atoms with van der Waals surface area (Å²) in [5, 5.41) is 14.1. The number of hydrogen-bond donors (Lipinski definition) is 2. The highest BCUT2D eigenvalue weighted by Gasteiger charge is 2.28. The maximum absolute atomic E-state index is 12.4. The molecule has 7 heteroatoms. The van der Waals surface area contributed by atoms with E-state index in [-0.39, 0.29) is 42.6 Å². The Morgan fingerprint density at radius 2 is 2.21 bits per heavy atom. The van der Waals surface area contributed by atoms with Gasteiger partial charge >= 0.3 is 0 Å². The number of Topliss-reactive ketones (excluding diaryl/α,β-unsaturated/α-hetero) is 1. The first-order chi connectivity index (χ1) is 13.5. The van der Waals surface area contributed by atoms with Crippen LogP contribution in [-0.4, -0.2) is 36.1 Å². The van der Waals surface area contributed by atoms with E-state index in [1.54, 1.807) is 24.3 Å². The van der Waals surface area contributed by atoms with Crippen LogP contribution in [0.1, 0.15) is 35.5 Å². The van der Waals surface area contributed by atoms with Gasteiger partial charge in [-0.25, -0.2) is 0 Å². The van der Waals surface area contributed by atoms with Crippen molar-refractivity contribution in [2.75, 3.05) is 13.2 Å². The van der Waals surface area contributed by atoms with Gasteiger partial charge in [-0.15, -0.1) is 11.3 Å². The number of allylic oxidation sites excluding steroid dienone is 1. The number of carbonyl (C=O) groups is 2. The normalized spacial score (nSPS) is 16.4. The number of nitrogens with one attached hydrogen (secondary N) is 1. The van der Waals surface area contributed by atoms with E-state index < -0.39 is 0 Å². The number of rotatable bonds is 8. The standard InChI is InChI=1S/C21H23NO5S/c1-3-13(2)17(11-23)22-20(24)12-26-14-6-7-16-18(9-14)27-19(21(16)25)10-15-5-4-8-28-15/h4-10,13,17,23H,3,11-12H2,1-2H3,(H,22,24)/b19-10-/t13-,17+/m1/s1. The summed E-state index contributed by atoms with van der Waals surface area (Å²) in [5.41, 5.74) is 0.469. The molecule has 1 aliphatic rings. The molecule has 1 amide bonds. The van der Waals surface area contributed by atoms with Gasteiger partial charge in [0.1, 0.15) is 11.5 Å². The van der Waals surface area contributed by atoms with Crippen molar-refractivity contribution >= 4 is 29.1 Å². The molecular weight excluding hydrogens is 378 g/mol. The zero-order chi connectivity index (χ0) is 20.1. The lowest BCUT2D eigenvalue weighted by Crippen LogP contribution is -2.43. The molecule has 1 aromatic carbocycles. The van der Waals surface area contributed by atoms with Crippen molar-refractivity contribution in [3.8, 4) is 11.5 Å². The topological polar surface area (TPSA) is 84.9 Å². The van der Waals surface area contributed by atoms with Crippen molar-refractivity contribution in [1.82, 2.24) is 5.32 Å². The highest BCUT2D eigenvalue weighted by molar-refractivity contribution is 7.10. The maximum Gasteiger partial charge on any atom is 0.258 e. The number of aliphatic hydroxyl groups is 1. The van der Waals surface area contributed by atoms with Crippen LogP contribution in [0.15, 0.2) is 41.5 Å². The second kappa shape index (κ2) is 9.03. The number of thiophene rings is 1. The monoisotopic (exact) mass is 401 g/mol. The van der Waals surface area contributed by atoms with E-state index in [4.69, 9.17) is 9.47 Å². The molecule has 2 heterocycles. The van der Waals surface area contributed by atoms with Crippen molar-refractivity contribution < 1.29 is 24.2 Å². The molecule has 0 spiro atoms. The third kappa shape index (κ3) is 4.61. The minimum absolute atomic E-state index is 0.116. The number of aliphatic hydroxyl groups excluding tert-OH is 1. The Bertz CT molecular complexity index is 875. The molecule has 1 aromatic heterocycles. The number of ether oxygens (including phenoxy) is 2. The van der Waals surface area contributed by atoms with E-state index in [2.05, 4.69) is 5.32 Å². The molecule has 1 aliphatic heterocycles. The number of ketones is 1.